The summed E-state index contributed by atoms with van der Waals surface area (Å²) in [5.41, 5.74) is 15.2. The van der Waals surface area contributed by atoms with Gasteiger partial charge in [0.1, 0.15) is 0 Å². The van der Waals surface area contributed by atoms with Gasteiger partial charge in [-0.25, -0.2) is 0 Å². The molecule has 4 N–H and O–H groups in total. The van der Waals surface area contributed by atoms with Crippen LogP contribution in [0, 0.1) is 0 Å². The summed E-state index contributed by atoms with van der Waals surface area (Å²) < 4.78 is 0. The summed E-state index contributed by atoms with van der Waals surface area (Å²) in [6.45, 7) is 5.90. The molecule has 0 aliphatic carbocycles. The third-order valence-electron chi connectivity index (χ3n) is 3.29. The second-order valence-corrected chi connectivity index (χ2v) is 4.99. The number of rotatable bonds is 8. The van der Waals surface area contributed by atoms with Crippen LogP contribution in [0.25, 0.3) is 0 Å². The van der Waals surface area contributed by atoms with Gasteiger partial charge in [0.15, 0.2) is 0 Å². The van der Waals surface area contributed by atoms with Crippen LogP contribution < -0.4 is 11.5 Å². The molecule has 0 fully saturated rings. The molecule has 1 aromatic rings. The summed E-state index contributed by atoms with van der Waals surface area (Å²) in [4.78, 5) is 0. The third kappa shape index (κ3) is 5.37. The molecule has 0 saturated heterocycles. The molecule has 100 valence electrons. The Morgan fingerprint density at radius 1 is 1.22 bits per heavy atom. The summed E-state index contributed by atoms with van der Waals surface area (Å²) in [6.07, 6.45) is 6.40. The molecule has 0 aliphatic heterocycles. The Morgan fingerprint density at radius 3 is 2.50 bits per heavy atom. The molecule has 0 bridgehead atoms. The second kappa shape index (κ2) is 7.93. The van der Waals surface area contributed by atoms with Gasteiger partial charge >= 0.3 is 0 Å². The van der Waals surface area contributed by atoms with E-state index in [1.54, 1.807) is 0 Å². The zero-order valence-corrected chi connectivity index (χ0v) is 11.5. The molecular weight excluding hydrogens is 220 g/mol. The predicted octanol–water partition coefficient (Wildman–Crippen LogP) is 3.15. The van der Waals surface area contributed by atoms with Gasteiger partial charge in [-0.1, -0.05) is 44.2 Å². The van der Waals surface area contributed by atoms with Gasteiger partial charge < -0.3 is 11.5 Å². The summed E-state index contributed by atoms with van der Waals surface area (Å²) >= 11 is 0. The summed E-state index contributed by atoms with van der Waals surface area (Å²) in [6, 6.07) is 8.87. The highest BCUT2D eigenvalue weighted by molar-refractivity contribution is 5.26. The van der Waals surface area contributed by atoms with Gasteiger partial charge in [0, 0.05) is 18.2 Å². The molecule has 1 atom stereocenters. The Bertz CT molecular complexity index is 371. The molecule has 2 nitrogen and oxygen atoms in total. The van der Waals surface area contributed by atoms with Crippen LogP contribution in [-0.4, -0.2) is 6.04 Å². The van der Waals surface area contributed by atoms with E-state index in [1.807, 2.05) is 0 Å². The van der Waals surface area contributed by atoms with Gasteiger partial charge in [-0.15, -0.1) is 0 Å². The molecule has 1 rings (SSSR count). The number of aryl methyl sites for hydroxylation is 2. The number of unbranched alkanes of at least 4 members (excludes halogenated alkanes) is 1. The van der Waals surface area contributed by atoms with Crippen molar-refractivity contribution in [3.8, 4) is 0 Å². The molecule has 0 aliphatic rings. The third-order valence-corrected chi connectivity index (χ3v) is 3.29. The van der Waals surface area contributed by atoms with Crippen LogP contribution in [0.4, 0.5) is 0 Å². The van der Waals surface area contributed by atoms with E-state index in [0.29, 0.717) is 5.70 Å². The SMILES string of the molecule is C=C(N)C[C@H](N)CCCCc1ccccc1CC. The first kappa shape index (κ1) is 14.8. The Kier molecular flexibility index (Phi) is 6.51. The molecule has 0 aromatic heterocycles. The van der Waals surface area contributed by atoms with Crippen LogP contribution in [0.1, 0.15) is 43.7 Å². The average molecular weight is 246 g/mol. The van der Waals surface area contributed by atoms with Crippen LogP contribution >= 0.6 is 0 Å². The van der Waals surface area contributed by atoms with Gasteiger partial charge in [-0.05, 0) is 36.8 Å². The molecule has 0 spiro atoms. The predicted molar refractivity (Wildman–Crippen MR) is 79.3 cm³/mol. The molecule has 0 amide bonds. The lowest BCUT2D eigenvalue weighted by atomic mass is 9.98. The summed E-state index contributed by atoms with van der Waals surface area (Å²) in [5, 5.41) is 0. The minimum atomic E-state index is 0.170. The normalized spacial score (nSPS) is 12.3. The van der Waals surface area contributed by atoms with Crippen LogP contribution in [-0.2, 0) is 12.8 Å². The molecule has 0 saturated carbocycles. The van der Waals surface area contributed by atoms with Crippen molar-refractivity contribution in [1.82, 2.24) is 0 Å². The van der Waals surface area contributed by atoms with Crippen LogP contribution in [0.5, 0.6) is 0 Å². The first-order chi connectivity index (χ1) is 8.63. The molecule has 1 aromatic carbocycles. The average Bonchev–Trinajstić information content (AvgIpc) is 2.34. The van der Waals surface area contributed by atoms with Crippen LogP contribution in [0.3, 0.4) is 0 Å². The maximum atomic E-state index is 5.97. The molecule has 0 unspecified atom stereocenters. The van der Waals surface area contributed by atoms with Gasteiger partial charge in [0.25, 0.3) is 0 Å². The number of hydrogen-bond acceptors (Lipinski definition) is 2. The number of benzene rings is 1. The zero-order valence-electron chi connectivity index (χ0n) is 11.5. The lowest BCUT2D eigenvalue weighted by molar-refractivity contribution is 0.558. The zero-order chi connectivity index (χ0) is 13.4. The molecule has 0 heterocycles. The summed E-state index contributed by atoms with van der Waals surface area (Å²) in [7, 11) is 0. The molecular formula is C16H26N2. The minimum Gasteiger partial charge on any atom is -0.402 e. The first-order valence-corrected chi connectivity index (χ1v) is 6.89. The summed E-state index contributed by atoms with van der Waals surface area (Å²) in [5.74, 6) is 0. The van der Waals surface area contributed by atoms with Gasteiger partial charge in [0.2, 0.25) is 0 Å². The van der Waals surface area contributed by atoms with Crippen molar-refractivity contribution >= 4 is 0 Å². The lowest BCUT2D eigenvalue weighted by Crippen LogP contribution is -2.22. The largest absolute Gasteiger partial charge is 0.402 e. The fourth-order valence-electron chi connectivity index (χ4n) is 2.31. The van der Waals surface area contributed by atoms with E-state index < -0.39 is 0 Å². The number of hydrogen-bond donors (Lipinski definition) is 2. The fraction of sp³-hybridized carbons (Fsp3) is 0.500. The highest BCUT2D eigenvalue weighted by Gasteiger charge is 2.04. The highest BCUT2D eigenvalue weighted by atomic mass is 14.7. The monoisotopic (exact) mass is 246 g/mol. The van der Waals surface area contributed by atoms with E-state index in [2.05, 4.69) is 37.8 Å². The van der Waals surface area contributed by atoms with Crippen molar-refractivity contribution in [2.75, 3.05) is 0 Å². The van der Waals surface area contributed by atoms with Crippen LogP contribution in [0.15, 0.2) is 36.5 Å². The molecule has 2 heteroatoms. The van der Waals surface area contributed by atoms with Crippen molar-refractivity contribution in [2.24, 2.45) is 11.5 Å². The van der Waals surface area contributed by atoms with E-state index in [4.69, 9.17) is 11.5 Å². The standard InChI is InChI=1S/C16H26N2/c1-3-14-8-4-5-9-15(14)10-6-7-11-16(18)12-13(2)17/h4-5,8-9,16H,2-3,6-7,10-12,17-18H2,1H3/t16-/m1/s1. The van der Waals surface area contributed by atoms with Crippen molar-refractivity contribution in [3.63, 3.8) is 0 Å². The van der Waals surface area contributed by atoms with E-state index >= 15 is 0 Å². The van der Waals surface area contributed by atoms with Crippen molar-refractivity contribution in [2.45, 2.75) is 51.5 Å². The van der Waals surface area contributed by atoms with E-state index in [9.17, 15) is 0 Å². The Morgan fingerprint density at radius 2 is 1.89 bits per heavy atom. The first-order valence-electron chi connectivity index (χ1n) is 6.89. The van der Waals surface area contributed by atoms with Gasteiger partial charge in [0.05, 0.1) is 0 Å². The van der Waals surface area contributed by atoms with E-state index in [-0.39, 0.29) is 6.04 Å². The Labute approximate surface area is 111 Å². The van der Waals surface area contributed by atoms with Crippen molar-refractivity contribution in [1.29, 1.82) is 0 Å². The topological polar surface area (TPSA) is 52.0 Å². The van der Waals surface area contributed by atoms with E-state index in [0.717, 1.165) is 32.1 Å². The quantitative estimate of drug-likeness (QED) is 0.692. The highest BCUT2D eigenvalue weighted by Crippen LogP contribution is 2.14. The maximum Gasteiger partial charge on any atom is 0.00931 e. The van der Waals surface area contributed by atoms with Crippen molar-refractivity contribution < 1.29 is 0 Å². The van der Waals surface area contributed by atoms with Crippen molar-refractivity contribution in [3.05, 3.63) is 47.7 Å². The Hall–Kier alpha value is -1.28. The molecule has 18 heavy (non-hydrogen) atoms. The lowest BCUT2D eigenvalue weighted by Gasteiger charge is -2.11. The Balaban J connectivity index is 2.27. The van der Waals surface area contributed by atoms with Crippen LogP contribution in [0.2, 0.25) is 0 Å². The minimum absolute atomic E-state index is 0.170. The van der Waals surface area contributed by atoms with E-state index in [1.165, 1.54) is 17.5 Å². The molecule has 0 radical (unpaired) electrons. The van der Waals surface area contributed by atoms with Gasteiger partial charge in [-0.2, -0.15) is 0 Å². The smallest absolute Gasteiger partial charge is 0.00931 e. The fourth-order valence-corrected chi connectivity index (χ4v) is 2.31. The maximum absolute atomic E-state index is 5.97. The van der Waals surface area contributed by atoms with Gasteiger partial charge in [-0.3, -0.25) is 0 Å². The second-order valence-electron chi connectivity index (χ2n) is 4.99. The number of nitrogens with two attached hydrogens (primary N) is 2.